The van der Waals surface area contributed by atoms with E-state index in [4.69, 9.17) is 0 Å². The number of aromatic nitrogens is 2. The van der Waals surface area contributed by atoms with Crippen molar-refractivity contribution in [2.75, 3.05) is 5.32 Å². The van der Waals surface area contributed by atoms with E-state index >= 15 is 0 Å². The molecule has 1 heterocycles. The molecule has 0 unspecified atom stereocenters. The maximum absolute atomic E-state index is 13.7. The number of benzene rings is 2. The Hall–Kier alpha value is -2.94. The number of rotatable bonds is 4. The van der Waals surface area contributed by atoms with Crippen LogP contribution in [0.4, 0.5) is 23.2 Å². The summed E-state index contributed by atoms with van der Waals surface area (Å²) in [6, 6.07) is 9.15. The summed E-state index contributed by atoms with van der Waals surface area (Å²) in [7, 11) is 0. The molecule has 0 bridgehead atoms. The number of alkyl halides is 3. The molecule has 0 aliphatic carbocycles. The van der Waals surface area contributed by atoms with E-state index < -0.39 is 29.2 Å². The largest absolute Gasteiger partial charge is 0.418 e. The van der Waals surface area contributed by atoms with Crippen LogP contribution in [-0.2, 0) is 11.0 Å². The average Bonchev–Trinajstić information content (AvgIpc) is 3.16. The molecule has 0 saturated heterocycles. The second kappa shape index (κ2) is 7.97. The van der Waals surface area contributed by atoms with Gasteiger partial charge in [0.05, 0.1) is 16.9 Å². The highest BCUT2D eigenvalue weighted by Crippen LogP contribution is 2.36. The number of nitrogens with zero attached hydrogens (tertiary/aromatic N) is 2. The van der Waals surface area contributed by atoms with Crippen LogP contribution in [0.25, 0.3) is 11.8 Å². The lowest BCUT2D eigenvalue weighted by atomic mass is 10.1. The van der Waals surface area contributed by atoms with Gasteiger partial charge in [0, 0.05) is 28.5 Å². The number of nitrogens with one attached hydrogen (secondary N) is 1. The molecule has 144 valence electrons. The Morgan fingerprint density at radius 2 is 1.96 bits per heavy atom. The zero-order chi connectivity index (χ0) is 20.3. The van der Waals surface area contributed by atoms with Crippen LogP contribution in [0, 0.1) is 5.82 Å². The second-order valence-electron chi connectivity index (χ2n) is 5.67. The highest BCUT2D eigenvalue weighted by atomic mass is 79.9. The first-order valence-corrected chi connectivity index (χ1v) is 8.69. The quantitative estimate of drug-likeness (QED) is 0.422. The van der Waals surface area contributed by atoms with Crippen molar-refractivity contribution in [1.82, 2.24) is 9.78 Å². The van der Waals surface area contributed by atoms with E-state index in [1.54, 1.807) is 6.07 Å². The fraction of sp³-hybridized carbons (Fsp3) is 0.0526. The molecule has 0 saturated carbocycles. The molecule has 4 nitrogen and oxygen atoms in total. The van der Waals surface area contributed by atoms with Crippen molar-refractivity contribution in [1.29, 1.82) is 0 Å². The number of halogens is 5. The Balaban J connectivity index is 1.85. The summed E-state index contributed by atoms with van der Waals surface area (Å²) in [6.07, 6.45) is 0.400. The molecule has 1 N–H and O–H groups in total. The number of amides is 1. The minimum absolute atomic E-state index is 0.120. The normalized spacial score (nSPS) is 11.8. The van der Waals surface area contributed by atoms with Gasteiger partial charge in [-0.3, -0.25) is 4.79 Å². The minimum atomic E-state index is -4.69. The number of carbonyl (C=O) groups is 1. The predicted molar refractivity (Wildman–Crippen MR) is 100 cm³/mol. The summed E-state index contributed by atoms with van der Waals surface area (Å²) in [5.41, 5.74) is -1.11. The van der Waals surface area contributed by atoms with Gasteiger partial charge >= 0.3 is 6.18 Å². The predicted octanol–water partition coefficient (Wildman–Crippen LogP) is 5.44. The number of carbonyl (C=O) groups excluding carboxylic acids is 1. The Bertz CT molecular complexity index is 1030. The summed E-state index contributed by atoms with van der Waals surface area (Å²) < 4.78 is 55.8. The average molecular weight is 454 g/mol. The number of hydrogen-bond donors (Lipinski definition) is 1. The molecular weight excluding hydrogens is 442 g/mol. The van der Waals surface area contributed by atoms with Crippen molar-refractivity contribution < 1.29 is 22.4 Å². The van der Waals surface area contributed by atoms with E-state index in [0.29, 0.717) is 4.47 Å². The van der Waals surface area contributed by atoms with Gasteiger partial charge in [0.15, 0.2) is 0 Å². The van der Waals surface area contributed by atoms with E-state index in [0.717, 1.165) is 18.2 Å². The van der Waals surface area contributed by atoms with Gasteiger partial charge in [-0.1, -0.05) is 15.9 Å². The first-order valence-electron chi connectivity index (χ1n) is 7.89. The van der Waals surface area contributed by atoms with Crippen LogP contribution in [0.3, 0.4) is 0 Å². The lowest BCUT2D eigenvalue weighted by Crippen LogP contribution is -2.15. The van der Waals surface area contributed by atoms with Crippen LogP contribution >= 0.6 is 15.9 Å². The van der Waals surface area contributed by atoms with Crippen molar-refractivity contribution >= 4 is 33.6 Å². The van der Waals surface area contributed by atoms with Crippen LogP contribution in [0.1, 0.15) is 11.1 Å². The summed E-state index contributed by atoms with van der Waals surface area (Å²) in [5.74, 6) is -1.39. The molecule has 3 aromatic rings. The third-order valence-electron chi connectivity index (χ3n) is 3.71. The van der Waals surface area contributed by atoms with E-state index in [9.17, 15) is 22.4 Å². The van der Waals surface area contributed by atoms with Crippen LogP contribution in [0.15, 0.2) is 65.4 Å². The molecule has 0 aliphatic rings. The zero-order valence-electron chi connectivity index (χ0n) is 14.0. The van der Waals surface area contributed by atoms with Crippen LogP contribution in [0.2, 0.25) is 0 Å². The molecule has 0 fully saturated rings. The van der Waals surface area contributed by atoms with E-state index in [1.165, 1.54) is 47.4 Å². The van der Waals surface area contributed by atoms with E-state index in [-0.39, 0.29) is 11.3 Å². The molecule has 0 aliphatic heterocycles. The standard InChI is InChI=1S/C19H12BrF4N3O/c20-13-3-5-16(21)12(10-13)2-7-18(28)26-17-6-4-14(27-9-1-8-25-27)11-15(17)19(22,23)24/h1-11H,(H,26,28)/b7-2+. The molecule has 0 radical (unpaired) electrons. The van der Waals surface area contributed by atoms with Crippen molar-refractivity contribution in [3.8, 4) is 5.69 Å². The summed E-state index contributed by atoms with van der Waals surface area (Å²) in [4.78, 5) is 12.1. The first kappa shape index (κ1) is 19.8. The smallest absolute Gasteiger partial charge is 0.322 e. The SMILES string of the molecule is O=C(/C=C/c1cc(Br)ccc1F)Nc1ccc(-n2cccn2)cc1C(F)(F)F. The Morgan fingerprint density at radius 3 is 2.64 bits per heavy atom. The number of anilines is 1. The molecule has 1 aromatic heterocycles. The molecule has 9 heteroatoms. The molecule has 28 heavy (non-hydrogen) atoms. The third kappa shape index (κ3) is 4.66. The molecular formula is C19H12BrF4N3O. The van der Waals surface area contributed by atoms with E-state index in [1.807, 2.05) is 0 Å². The van der Waals surface area contributed by atoms with Crippen LogP contribution < -0.4 is 5.32 Å². The maximum atomic E-state index is 13.7. The lowest BCUT2D eigenvalue weighted by molar-refractivity contribution is -0.137. The van der Waals surface area contributed by atoms with Gasteiger partial charge in [-0.15, -0.1) is 0 Å². The third-order valence-corrected chi connectivity index (χ3v) is 4.20. The highest BCUT2D eigenvalue weighted by Gasteiger charge is 2.34. The number of hydrogen-bond acceptors (Lipinski definition) is 2. The highest BCUT2D eigenvalue weighted by molar-refractivity contribution is 9.10. The Kier molecular flexibility index (Phi) is 5.64. The molecule has 0 atom stereocenters. The van der Waals surface area contributed by atoms with Gasteiger partial charge in [-0.05, 0) is 48.5 Å². The Labute approximate surface area is 165 Å². The summed E-state index contributed by atoms with van der Waals surface area (Å²) >= 11 is 3.18. The molecule has 0 spiro atoms. The van der Waals surface area contributed by atoms with Crippen molar-refractivity contribution in [2.45, 2.75) is 6.18 Å². The van der Waals surface area contributed by atoms with Gasteiger partial charge in [-0.2, -0.15) is 18.3 Å². The second-order valence-corrected chi connectivity index (χ2v) is 6.58. The first-order chi connectivity index (χ1) is 13.2. The summed E-state index contributed by atoms with van der Waals surface area (Å²) in [5, 5.41) is 6.07. The minimum Gasteiger partial charge on any atom is -0.322 e. The molecule has 2 aromatic carbocycles. The summed E-state index contributed by atoms with van der Waals surface area (Å²) in [6.45, 7) is 0. The van der Waals surface area contributed by atoms with E-state index in [2.05, 4.69) is 26.3 Å². The van der Waals surface area contributed by atoms with Gasteiger partial charge in [-0.25, -0.2) is 9.07 Å². The fourth-order valence-electron chi connectivity index (χ4n) is 2.42. The molecule has 3 rings (SSSR count). The van der Waals surface area contributed by atoms with Crippen LogP contribution in [0.5, 0.6) is 0 Å². The maximum Gasteiger partial charge on any atom is 0.418 e. The van der Waals surface area contributed by atoms with Crippen molar-refractivity contribution in [3.63, 3.8) is 0 Å². The lowest BCUT2D eigenvalue weighted by Gasteiger charge is -2.15. The van der Waals surface area contributed by atoms with Crippen molar-refractivity contribution in [2.24, 2.45) is 0 Å². The van der Waals surface area contributed by atoms with Gasteiger partial charge in [0.2, 0.25) is 5.91 Å². The monoisotopic (exact) mass is 453 g/mol. The van der Waals surface area contributed by atoms with Gasteiger partial charge in [0.25, 0.3) is 0 Å². The zero-order valence-corrected chi connectivity index (χ0v) is 15.6. The van der Waals surface area contributed by atoms with Gasteiger partial charge in [0.1, 0.15) is 5.82 Å². The Morgan fingerprint density at radius 1 is 1.18 bits per heavy atom. The van der Waals surface area contributed by atoms with Crippen LogP contribution in [-0.4, -0.2) is 15.7 Å². The van der Waals surface area contributed by atoms with Crippen molar-refractivity contribution in [3.05, 3.63) is 82.4 Å². The molecule has 1 amide bonds. The topological polar surface area (TPSA) is 46.9 Å². The van der Waals surface area contributed by atoms with Gasteiger partial charge < -0.3 is 5.32 Å². The fourth-order valence-corrected chi connectivity index (χ4v) is 2.80.